The van der Waals surface area contributed by atoms with Crippen molar-refractivity contribution in [2.45, 2.75) is 0 Å². The standard InChI is InChI=1S/C56H34/c1-2-18-36-35(16-1)17-15-31-37(36)44-32-33-51(41-22-5-3-20-39(41)44)54-47-27-11-13-29-49(47)56(50-30-14-12-28-48(50)54)53-34-52-42-23-6-4-19-38(42)40-21-7-9-25-45(40)55(52)46-26-10-8-24-43(46)53/h1-34H/i11D,12D,13D,14D,27D,28D,29D,30D. The summed E-state index contributed by atoms with van der Waals surface area (Å²) in [6, 6.07) is 50.1. The molecule has 0 aromatic heterocycles. The molecule has 0 fully saturated rings. The lowest BCUT2D eigenvalue weighted by molar-refractivity contribution is 1.67. The highest BCUT2D eigenvalue weighted by molar-refractivity contribution is 6.35. The summed E-state index contributed by atoms with van der Waals surface area (Å²) < 4.78 is 75.6. The molecular weight excluding hydrogens is 673 g/mol. The van der Waals surface area contributed by atoms with Gasteiger partial charge in [0.2, 0.25) is 0 Å². The summed E-state index contributed by atoms with van der Waals surface area (Å²) in [5.41, 5.74) is 3.86. The van der Waals surface area contributed by atoms with Crippen molar-refractivity contribution in [2.24, 2.45) is 0 Å². The Bertz CT molecular complexity index is 3970. The molecule has 12 aromatic rings. The van der Waals surface area contributed by atoms with Crippen LogP contribution in [0.3, 0.4) is 0 Å². The first-order chi connectivity index (χ1) is 31.2. The lowest BCUT2D eigenvalue weighted by Crippen LogP contribution is -1.94. The molecule has 0 spiro atoms. The second-order valence-electron chi connectivity index (χ2n) is 14.5. The number of rotatable bonds is 3. The molecule has 0 nitrogen and oxygen atoms in total. The van der Waals surface area contributed by atoms with Gasteiger partial charge in [0.15, 0.2) is 0 Å². The highest BCUT2D eigenvalue weighted by atomic mass is 14.2. The van der Waals surface area contributed by atoms with Crippen LogP contribution in [0.5, 0.6) is 0 Å². The van der Waals surface area contributed by atoms with Crippen molar-refractivity contribution in [2.75, 3.05) is 0 Å². The Hall–Kier alpha value is -7.28. The molecule has 12 aromatic carbocycles. The van der Waals surface area contributed by atoms with Gasteiger partial charge in [0.25, 0.3) is 0 Å². The minimum atomic E-state index is -0.428. The van der Waals surface area contributed by atoms with Crippen molar-refractivity contribution < 1.29 is 11.0 Å². The average molecular weight is 715 g/mol. The predicted molar refractivity (Wildman–Crippen MR) is 243 cm³/mol. The molecule has 0 saturated heterocycles. The molecule has 12 rings (SSSR count). The molecule has 0 unspecified atom stereocenters. The minimum Gasteiger partial charge on any atom is -0.0616 e. The van der Waals surface area contributed by atoms with E-state index in [1.165, 1.54) is 0 Å². The van der Waals surface area contributed by atoms with Gasteiger partial charge in [0.1, 0.15) is 0 Å². The summed E-state index contributed by atoms with van der Waals surface area (Å²) in [5, 5.41) is 12.5. The molecule has 0 radical (unpaired) electrons. The SMILES string of the molecule is [2H]c1c([2H])c([2H])c2c(-c3cc4c5ccccc5c5ccccc5c4c4ccccc34)c3c([2H])c([2H])c([2H])c([2H])c3c(-c3ccc(-c4cccc5ccccc45)c4ccccc34)c2c1[2H]. The van der Waals surface area contributed by atoms with Gasteiger partial charge in [-0.1, -0.05) is 200 Å². The molecule has 258 valence electrons. The molecule has 0 aliphatic heterocycles. The Morgan fingerprint density at radius 1 is 0.250 bits per heavy atom. The van der Waals surface area contributed by atoms with E-state index in [4.69, 9.17) is 5.48 Å². The van der Waals surface area contributed by atoms with Crippen LogP contribution < -0.4 is 0 Å². The van der Waals surface area contributed by atoms with Crippen LogP contribution in [0.25, 0.3) is 120 Å². The summed E-state index contributed by atoms with van der Waals surface area (Å²) >= 11 is 0. The van der Waals surface area contributed by atoms with Crippen LogP contribution in [-0.2, 0) is 0 Å². The quantitative estimate of drug-likeness (QED) is 0.126. The molecule has 0 saturated carbocycles. The zero-order valence-electron chi connectivity index (χ0n) is 38.0. The number of benzene rings is 12. The maximum absolute atomic E-state index is 9.78. The molecule has 0 N–H and O–H groups in total. The van der Waals surface area contributed by atoms with E-state index in [9.17, 15) is 5.48 Å². The summed E-state index contributed by atoms with van der Waals surface area (Å²) in [4.78, 5) is 0. The Kier molecular flexibility index (Phi) is 5.23. The van der Waals surface area contributed by atoms with Gasteiger partial charge in [-0.15, -0.1) is 0 Å². The van der Waals surface area contributed by atoms with Crippen molar-refractivity contribution in [1.82, 2.24) is 0 Å². The summed E-state index contributed by atoms with van der Waals surface area (Å²) in [6.07, 6.45) is 0. The second-order valence-corrected chi connectivity index (χ2v) is 14.5. The van der Waals surface area contributed by atoms with Crippen LogP contribution in [0.15, 0.2) is 206 Å². The maximum atomic E-state index is 9.78. The van der Waals surface area contributed by atoms with Gasteiger partial charge in [-0.25, -0.2) is 0 Å². The van der Waals surface area contributed by atoms with Gasteiger partial charge in [-0.3, -0.25) is 0 Å². The van der Waals surface area contributed by atoms with Crippen molar-refractivity contribution in [3.05, 3.63) is 206 Å². The third kappa shape index (κ3) is 4.42. The lowest BCUT2D eigenvalue weighted by atomic mass is 9.81. The Balaban J connectivity index is 1.32. The molecule has 0 aliphatic carbocycles. The first kappa shape index (κ1) is 24.2. The Morgan fingerprint density at radius 2 is 0.625 bits per heavy atom. The summed E-state index contributed by atoms with van der Waals surface area (Å²) in [5.74, 6) is 0. The van der Waals surface area contributed by atoms with E-state index < -0.39 is 24.2 Å². The molecule has 56 heavy (non-hydrogen) atoms. The van der Waals surface area contributed by atoms with Crippen LogP contribution in [-0.4, -0.2) is 0 Å². The first-order valence-electron chi connectivity index (χ1n) is 22.9. The van der Waals surface area contributed by atoms with Gasteiger partial charge in [-0.2, -0.15) is 0 Å². The van der Waals surface area contributed by atoms with Crippen molar-refractivity contribution in [3.8, 4) is 33.4 Å². The van der Waals surface area contributed by atoms with Crippen molar-refractivity contribution >= 4 is 86.2 Å². The van der Waals surface area contributed by atoms with Crippen molar-refractivity contribution in [3.63, 3.8) is 0 Å². The van der Waals surface area contributed by atoms with Gasteiger partial charge in [0.05, 0.1) is 11.0 Å². The molecule has 0 bridgehead atoms. The highest BCUT2D eigenvalue weighted by Crippen LogP contribution is 2.50. The van der Waals surface area contributed by atoms with Crippen LogP contribution >= 0.6 is 0 Å². The smallest absolute Gasteiger partial charge is 0.0616 e. The highest BCUT2D eigenvalue weighted by Gasteiger charge is 2.22. The minimum absolute atomic E-state index is 0.189. The number of hydrogen-bond acceptors (Lipinski definition) is 0. The molecule has 0 heteroatoms. The van der Waals surface area contributed by atoms with Crippen LogP contribution in [0.1, 0.15) is 11.0 Å². The third-order valence-electron chi connectivity index (χ3n) is 11.7. The summed E-state index contributed by atoms with van der Waals surface area (Å²) in [6.45, 7) is 0. The van der Waals surface area contributed by atoms with E-state index in [0.29, 0.717) is 22.3 Å². The van der Waals surface area contributed by atoms with Gasteiger partial charge >= 0.3 is 0 Å². The lowest BCUT2D eigenvalue weighted by Gasteiger charge is -2.21. The normalized spacial score (nSPS) is 13.9. The zero-order valence-corrected chi connectivity index (χ0v) is 30.0. The van der Waals surface area contributed by atoms with E-state index in [2.05, 4.69) is 60.7 Å². The second kappa shape index (κ2) is 12.1. The molecule has 0 amide bonds. The van der Waals surface area contributed by atoms with E-state index in [1.807, 2.05) is 97.1 Å². The van der Waals surface area contributed by atoms with Gasteiger partial charge in [-0.05, 0) is 126 Å². The first-order valence-corrected chi connectivity index (χ1v) is 18.9. The fourth-order valence-corrected chi connectivity index (χ4v) is 9.35. The molecule has 0 heterocycles. The fourth-order valence-electron chi connectivity index (χ4n) is 9.35. The zero-order chi connectivity index (χ0) is 43.7. The Morgan fingerprint density at radius 3 is 1.23 bits per heavy atom. The average Bonchev–Trinajstić information content (AvgIpc) is 3.34. The molecular formula is C56H34. The molecule has 0 aliphatic rings. The number of hydrogen-bond donors (Lipinski definition) is 0. The van der Waals surface area contributed by atoms with E-state index in [1.54, 1.807) is 0 Å². The number of fused-ring (bicyclic) bond motifs is 12. The monoisotopic (exact) mass is 714 g/mol. The van der Waals surface area contributed by atoms with E-state index in [-0.39, 0.29) is 45.7 Å². The maximum Gasteiger partial charge on any atom is 0.0629 e. The molecule has 0 atom stereocenters. The van der Waals surface area contributed by atoms with E-state index >= 15 is 0 Å². The fraction of sp³-hybridized carbons (Fsp3) is 0. The van der Waals surface area contributed by atoms with Crippen LogP contribution in [0.4, 0.5) is 0 Å². The summed E-state index contributed by atoms with van der Waals surface area (Å²) in [7, 11) is 0. The topological polar surface area (TPSA) is 0 Å². The largest absolute Gasteiger partial charge is 0.0629 e. The third-order valence-corrected chi connectivity index (χ3v) is 11.7. The van der Waals surface area contributed by atoms with Gasteiger partial charge in [0, 0.05) is 0 Å². The predicted octanol–water partition coefficient (Wildman–Crippen LogP) is 15.9. The van der Waals surface area contributed by atoms with Gasteiger partial charge < -0.3 is 0 Å². The van der Waals surface area contributed by atoms with Crippen LogP contribution in [0.2, 0.25) is 0 Å². The van der Waals surface area contributed by atoms with E-state index in [0.717, 1.165) is 75.8 Å². The van der Waals surface area contributed by atoms with Crippen LogP contribution in [0, 0.1) is 0 Å². The Labute approximate surface area is 335 Å². The van der Waals surface area contributed by atoms with Crippen molar-refractivity contribution in [1.29, 1.82) is 0 Å².